The Balaban J connectivity index is 2.43. The lowest BCUT2D eigenvalue weighted by molar-refractivity contribution is 1.17. The van der Waals surface area contributed by atoms with Crippen LogP contribution in [-0.2, 0) is 0 Å². The minimum Gasteiger partial charge on any atom is -0.368 e. The fourth-order valence-electron chi connectivity index (χ4n) is 0.883. The standard InChI is InChI=1S/C7H7N5/c8-7-11-3-5(4-12-7)6-9-1-2-10-6/h1-4H,(H,9,10)(H2,8,11,12). The first-order chi connectivity index (χ1) is 5.86. The molecule has 0 fully saturated rings. The van der Waals surface area contributed by atoms with Crippen molar-refractivity contribution in [3.63, 3.8) is 0 Å². The van der Waals surface area contributed by atoms with E-state index in [2.05, 4.69) is 19.9 Å². The van der Waals surface area contributed by atoms with E-state index in [0.29, 0.717) is 0 Å². The van der Waals surface area contributed by atoms with E-state index >= 15 is 0 Å². The second kappa shape index (κ2) is 2.61. The largest absolute Gasteiger partial charge is 0.368 e. The van der Waals surface area contributed by atoms with Gasteiger partial charge in [-0.1, -0.05) is 0 Å². The second-order valence-corrected chi connectivity index (χ2v) is 2.27. The molecule has 3 N–H and O–H groups in total. The van der Waals surface area contributed by atoms with Crippen molar-refractivity contribution >= 4 is 5.95 Å². The Hall–Kier alpha value is -1.91. The smallest absolute Gasteiger partial charge is 0.219 e. The Morgan fingerprint density at radius 1 is 1.17 bits per heavy atom. The van der Waals surface area contributed by atoms with Gasteiger partial charge in [-0.25, -0.2) is 15.0 Å². The molecule has 0 bridgehead atoms. The van der Waals surface area contributed by atoms with Crippen LogP contribution in [0.5, 0.6) is 0 Å². The van der Waals surface area contributed by atoms with Crippen molar-refractivity contribution in [3.8, 4) is 11.4 Å². The molecule has 0 amide bonds. The van der Waals surface area contributed by atoms with Gasteiger partial charge in [0.15, 0.2) is 0 Å². The maximum atomic E-state index is 5.33. The Kier molecular flexibility index (Phi) is 1.48. The Labute approximate surface area is 68.7 Å². The number of aromatic amines is 1. The molecular formula is C7H7N5. The summed E-state index contributed by atoms with van der Waals surface area (Å²) in [6.45, 7) is 0. The number of nitrogens with two attached hydrogens (primary N) is 1. The number of imidazole rings is 1. The Bertz CT molecular complexity index is 350. The molecule has 0 atom stereocenters. The summed E-state index contributed by atoms with van der Waals surface area (Å²) in [7, 11) is 0. The molecule has 0 saturated carbocycles. The number of rotatable bonds is 1. The van der Waals surface area contributed by atoms with Crippen molar-refractivity contribution in [1.29, 1.82) is 0 Å². The molecule has 2 aromatic heterocycles. The molecule has 0 saturated heterocycles. The molecule has 0 spiro atoms. The van der Waals surface area contributed by atoms with Gasteiger partial charge >= 0.3 is 0 Å². The molecule has 5 heteroatoms. The van der Waals surface area contributed by atoms with Crippen LogP contribution in [-0.4, -0.2) is 19.9 Å². The van der Waals surface area contributed by atoms with Crippen LogP contribution in [0.2, 0.25) is 0 Å². The van der Waals surface area contributed by atoms with E-state index in [4.69, 9.17) is 5.73 Å². The van der Waals surface area contributed by atoms with Gasteiger partial charge in [-0.3, -0.25) is 0 Å². The summed E-state index contributed by atoms with van der Waals surface area (Å²) in [5.41, 5.74) is 6.16. The molecule has 0 unspecified atom stereocenters. The van der Waals surface area contributed by atoms with Gasteiger partial charge in [0, 0.05) is 24.8 Å². The second-order valence-electron chi connectivity index (χ2n) is 2.27. The van der Waals surface area contributed by atoms with Crippen LogP contribution >= 0.6 is 0 Å². The number of hydrogen-bond acceptors (Lipinski definition) is 4. The molecule has 12 heavy (non-hydrogen) atoms. The van der Waals surface area contributed by atoms with Crippen molar-refractivity contribution in [2.75, 3.05) is 5.73 Å². The summed E-state index contributed by atoms with van der Waals surface area (Å²) in [6, 6.07) is 0. The number of nitrogens with zero attached hydrogens (tertiary/aromatic N) is 3. The molecule has 2 aromatic rings. The van der Waals surface area contributed by atoms with Crippen LogP contribution in [0.15, 0.2) is 24.8 Å². The zero-order valence-electron chi connectivity index (χ0n) is 6.23. The minimum absolute atomic E-state index is 0.269. The summed E-state index contributed by atoms with van der Waals surface area (Å²) in [5.74, 6) is 1.01. The fraction of sp³-hybridized carbons (Fsp3) is 0. The number of anilines is 1. The number of nitrogens with one attached hydrogen (secondary N) is 1. The normalized spacial score (nSPS) is 10.0. The highest BCUT2D eigenvalue weighted by atomic mass is 15.0. The maximum absolute atomic E-state index is 5.33. The quantitative estimate of drug-likeness (QED) is 0.636. The van der Waals surface area contributed by atoms with Crippen molar-refractivity contribution in [3.05, 3.63) is 24.8 Å². The fourth-order valence-corrected chi connectivity index (χ4v) is 0.883. The lowest BCUT2D eigenvalue weighted by Gasteiger charge is -1.94. The predicted octanol–water partition coefficient (Wildman–Crippen LogP) is 0.449. The van der Waals surface area contributed by atoms with E-state index in [9.17, 15) is 0 Å². The zero-order valence-corrected chi connectivity index (χ0v) is 6.23. The SMILES string of the molecule is Nc1ncc(-c2ncc[nH]2)cn1. The zero-order chi connectivity index (χ0) is 8.39. The van der Waals surface area contributed by atoms with E-state index in [1.54, 1.807) is 24.8 Å². The van der Waals surface area contributed by atoms with Crippen LogP contribution in [0.25, 0.3) is 11.4 Å². The highest BCUT2D eigenvalue weighted by Gasteiger charge is 1.99. The van der Waals surface area contributed by atoms with Gasteiger partial charge in [0.2, 0.25) is 5.95 Å². The van der Waals surface area contributed by atoms with Crippen LogP contribution in [0.3, 0.4) is 0 Å². The van der Waals surface area contributed by atoms with Crippen molar-refractivity contribution < 1.29 is 0 Å². The van der Waals surface area contributed by atoms with Crippen LogP contribution in [0.4, 0.5) is 5.95 Å². The van der Waals surface area contributed by atoms with Crippen molar-refractivity contribution in [2.24, 2.45) is 0 Å². The van der Waals surface area contributed by atoms with E-state index in [1.807, 2.05) is 0 Å². The average Bonchev–Trinajstić information content (AvgIpc) is 2.58. The predicted molar refractivity (Wildman–Crippen MR) is 44.0 cm³/mol. The Morgan fingerprint density at radius 2 is 1.92 bits per heavy atom. The molecule has 0 aliphatic heterocycles. The third-order valence-corrected chi connectivity index (χ3v) is 1.44. The number of hydrogen-bond donors (Lipinski definition) is 2. The minimum atomic E-state index is 0.269. The summed E-state index contributed by atoms with van der Waals surface area (Å²) in [5, 5.41) is 0. The first-order valence-corrected chi connectivity index (χ1v) is 3.43. The maximum Gasteiger partial charge on any atom is 0.219 e. The molecule has 2 rings (SSSR count). The number of H-pyrrole nitrogens is 1. The summed E-state index contributed by atoms with van der Waals surface area (Å²) >= 11 is 0. The van der Waals surface area contributed by atoms with E-state index in [-0.39, 0.29) is 5.95 Å². The van der Waals surface area contributed by atoms with Crippen molar-refractivity contribution in [2.45, 2.75) is 0 Å². The van der Waals surface area contributed by atoms with Gasteiger partial charge in [-0.15, -0.1) is 0 Å². The van der Waals surface area contributed by atoms with Crippen molar-refractivity contribution in [1.82, 2.24) is 19.9 Å². The molecular weight excluding hydrogens is 154 g/mol. The molecule has 0 aliphatic carbocycles. The molecule has 0 aromatic carbocycles. The first-order valence-electron chi connectivity index (χ1n) is 3.43. The topological polar surface area (TPSA) is 80.5 Å². The molecule has 0 aliphatic rings. The van der Waals surface area contributed by atoms with Crippen LogP contribution in [0.1, 0.15) is 0 Å². The van der Waals surface area contributed by atoms with Gasteiger partial charge in [0.1, 0.15) is 5.82 Å². The van der Waals surface area contributed by atoms with Gasteiger partial charge in [-0.2, -0.15) is 0 Å². The van der Waals surface area contributed by atoms with E-state index in [1.165, 1.54) is 0 Å². The Morgan fingerprint density at radius 3 is 2.50 bits per heavy atom. The molecule has 60 valence electrons. The summed E-state index contributed by atoms with van der Waals surface area (Å²) in [6.07, 6.45) is 6.67. The van der Waals surface area contributed by atoms with E-state index in [0.717, 1.165) is 11.4 Å². The average molecular weight is 161 g/mol. The lowest BCUT2D eigenvalue weighted by Crippen LogP contribution is -1.93. The third-order valence-electron chi connectivity index (χ3n) is 1.44. The van der Waals surface area contributed by atoms with E-state index < -0.39 is 0 Å². The van der Waals surface area contributed by atoms with Gasteiger partial charge in [0.05, 0.1) is 5.56 Å². The summed E-state index contributed by atoms with van der Waals surface area (Å²) in [4.78, 5) is 14.7. The first kappa shape index (κ1) is 6.78. The monoisotopic (exact) mass is 161 g/mol. The van der Waals surface area contributed by atoms with Gasteiger partial charge in [-0.05, 0) is 0 Å². The molecule has 2 heterocycles. The molecule has 0 radical (unpaired) electrons. The van der Waals surface area contributed by atoms with Gasteiger partial charge in [0.25, 0.3) is 0 Å². The molecule has 5 nitrogen and oxygen atoms in total. The highest BCUT2D eigenvalue weighted by Crippen LogP contribution is 2.10. The summed E-state index contributed by atoms with van der Waals surface area (Å²) < 4.78 is 0. The number of aromatic nitrogens is 4. The van der Waals surface area contributed by atoms with Crippen LogP contribution in [0, 0.1) is 0 Å². The third kappa shape index (κ3) is 1.12. The number of nitrogen functional groups attached to an aromatic ring is 1. The van der Waals surface area contributed by atoms with Gasteiger partial charge < -0.3 is 10.7 Å². The lowest BCUT2D eigenvalue weighted by atomic mass is 10.3. The highest BCUT2D eigenvalue weighted by molar-refractivity contribution is 5.52. The van der Waals surface area contributed by atoms with Crippen LogP contribution < -0.4 is 5.73 Å².